The molecule has 1 N–H and O–H groups in total. The van der Waals surface area contributed by atoms with Gasteiger partial charge >= 0.3 is 6.36 Å². The van der Waals surface area contributed by atoms with Crippen molar-refractivity contribution >= 4 is 34.5 Å². The summed E-state index contributed by atoms with van der Waals surface area (Å²) in [5, 5.41) is 5.36. The van der Waals surface area contributed by atoms with E-state index in [2.05, 4.69) is 15.0 Å². The molecule has 0 spiro atoms. The third-order valence-corrected chi connectivity index (χ3v) is 4.63. The van der Waals surface area contributed by atoms with Crippen LogP contribution >= 0.6 is 22.9 Å². The lowest BCUT2D eigenvalue weighted by Crippen LogP contribution is -2.20. The number of hydrogen-bond acceptors (Lipinski definition) is 5. The van der Waals surface area contributed by atoms with Crippen molar-refractivity contribution in [2.75, 3.05) is 5.32 Å². The number of para-hydroxylation sites is 2. The third-order valence-electron chi connectivity index (χ3n) is 3.50. The molecule has 0 unspecified atom stereocenters. The van der Waals surface area contributed by atoms with E-state index in [1.807, 2.05) is 0 Å². The zero-order valence-electron chi connectivity index (χ0n) is 14.7. The van der Waals surface area contributed by atoms with Crippen LogP contribution in [0.2, 0.25) is 5.02 Å². The van der Waals surface area contributed by atoms with Crippen LogP contribution in [0.1, 0.15) is 10.7 Å². The van der Waals surface area contributed by atoms with Crippen LogP contribution in [0.4, 0.5) is 18.9 Å². The standard InChI is InChI=1S/C19H14ClF3N2O3S/c20-12-5-7-14(8-6-12)27-10-18-24-13(11-29-18)9-17(26)25-15-3-1-2-4-16(15)28-19(21,22)23/h1-8,11H,9-10H2,(H,25,26). The summed E-state index contributed by atoms with van der Waals surface area (Å²) >= 11 is 7.13. The first kappa shape index (κ1) is 20.9. The molecule has 3 rings (SSSR count). The Morgan fingerprint density at radius 3 is 2.59 bits per heavy atom. The maximum Gasteiger partial charge on any atom is 0.573 e. The molecule has 5 nitrogen and oxygen atoms in total. The monoisotopic (exact) mass is 442 g/mol. The Hall–Kier alpha value is -2.78. The Balaban J connectivity index is 1.56. The summed E-state index contributed by atoms with van der Waals surface area (Å²) in [6, 6.07) is 12.2. The Labute approximate surface area is 173 Å². The van der Waals surface area contributed by atoms with E-state index in [-0.39, 0.29) is 18.7 Å². The zero-order chi connectivity index (χ0) is 20.9. The van der Waals surface area contributed by atoms with Crippen molar-refractivity contribution in [3.05, 3.63) is 69.6 Å². The largest absolute Gasteiger partial charge is 0.573 e. The van der Waals surface area contributed by atoms with Gasteiger partial charge in [0.15, 0.2) is 5.75 Å². The molecule has 29 heavy (non-hydrogen) atoms. The highest BCUT2D eigenvalue weighted by Crippen LogP contribution is 2.30. The number of amides is 1. The molecule has 10 heteroatoms. The predicted molar refractivity (Wildman–Crippen MR) is 103 cm³/mol. The van der Waals surface area contributed by atoms with Crippen LogP contribution in [0.15, 0.2) is 53.9 Å². The fourth-order valence-electron chi connectivity index (χ4n) is 2.31. The summed E-state index contributed by atoms with van der Waals surface area (Å²) in [7, 11) is 0. The van der Waals surface area contributed by atoms with Crippen molar-refractivity contribution in [3.8, 4) is 11.5 Å². The number of anilines is 1. The van der Waals surface area contributed by atoms with Crippen LogP contribution in [-0.2, 0) is 17.8 Å². The van der Waals surface area contributed by atoms with Gasteiger partial charge in [0, 0.05) is 10.4 Å². The van der Waals surface area contributed by atoms with Gasteiger partial charge in [0.1, 0.15) is 17.4 Å². The fourth-order valence-corrected chi connectivity index (χ4v) is 3.15. The fraction of sp³-hybridized carbons (Fsp3) is 0.158. The second-order valence-electron chi connectivity index (χ2n) is 5.74. The second-order valence-corrected chi connectivity index (χ2v) is 7.12. The molecule has 1 aromatic heterocycles. The number of aromatic nitrogens is 1. The van der Waals surface area contributed by atoms with Crippen LogP contribution in [0.3, 0.4) is 0 Å². The van der Waals surface area contributed by atoms with E-state index in [0.717, 1.165) is 6.07 Å². The third kappa shape index (κ3) is 6.65. The molecule has 0 bridgehead atoms. The summed E-state index contributed by atoms with van der Waals surface area (Å²) in [5.74, 6) is -0.368. The number of carbonyl (C=O) groups excluding carboxylic acids is 1. The van der Waals surface area contributed by atoms with Crippen molar-refractivity contribution in [2.24, 2.45) is 0 Å². The van der Waals surface area contributed by atoms with Crippen LogP contribution in [0.5, 0.6) is 11.5 Å². The van der Waals surface area contributed by atoms with Crippen molar-refractivity contribution in [3.63, 3.8) is 0 Å². The molecule has 0 aliphatic rings. The van der Waals surface area contributed by atoms with E-state index in [1.54, 1.807) is 29.6 Å². The highest BCUT2D eigenvalue weighted by atomic mass is 35.5. The molecular weight excluding hydrogens is 429 g/mol. The lowest BCUT2D eigenvalue weighted by Gasteiger charge is -2.13. The molecule has 0 saturated carbocycles. The number of alkyl halides is 3. The lowest BCUT2D eigenvalue weighted by molar-refractivity contribution is -0.274. The van der Waals surface area contributed by atoms with Crippen LogP contribution in [0.25, 0.3) is 0 Å². The molecule has 0 aliphatic carbocycles. The molecular formula is C19H14ClF3N2O3S. The molecule has 1 heterocycles. The number of hydrogen-bond donors (Lipinski definition) is 1. The summed E-state index contributed by atoms with van der Waals surface area (Å²) in [4.78, 5) is 16.5. The van der Waals surface area contributed by atoms with E-state index in [4.69, 9.17) is 16.3 Å². The minimum atomic E-state index is -4.85. The van der Waals surface area contributed by atoms with Crippen LogP contribution in [0, 0.1) is 0 Å². The quantitative estimate of drug-likeness (QED) is 0.528. The highest BCUT2D eigenvalue weighted by Gasteiger charge is 2.32. The first-order chi connectivity index (χ1) is 13.8. The van der Waals surface area contributed by atoms with Gasteiger partial charge in [-0.25, -0.2) is 4.98 Å². The number of benzene rings is 2. The van der Waals surface area contributed by atoms with Gasteiger partial charge < -0.3 is 14.8 Å². The van der Waals surface area contributed by atoms with Crippen molar-refractivity contribution in [1.29, 1.82) is 0 Å². The average molecular weight is 443 g/mol. The maximum absolute atomic E-state index is 12.5. The van der Waals surface area contributed by atoms with Gasteiger partial charge in [-0.15, -0.1) is 24.5 Å². The minimum absolute atomic E-state index is 0.0728. The first-order valence-electron chi connectivity index (χ1n) is 8.25. The number of carbonyl (C=O) groups is 1. The Morgan fingerprint density at radius 2 is 1.86 bits per heavy atom. The lowest BCUT2D eigenvalue weighted by atomic mass is 10.2. The summed E-state index contributed by atoms with van der Waals surface area (Å²) in [5.41, 5.74) is 0.410. The van der Waals surface area contributed by atoms with E-state index < -0.39 is 18.0 Å². The van der Waals surface area contributed by atoms with E-state index >= 15 is 0 Å². The molecule has 0 atom stereocenters. The maximum atomic E-state index is 12.5. The summed E-state index contributed by atoms with van der Waals surface area (Å²) in [6.07, 6.45) is -4.95. The number of nitrogens with zero attached hydrogens (tertiary/aromatic N) is 1. The first-order valence-corrected chi connectivity index (χ1v) is 9.50. The molecule has 3 aromatic rings. The van der Waals surface area contributed by atoms with Gasteiger partial charge in [-0.3, -0.25) is 4.79 Å². The Bertz CT molecular complexity index is 977. The molecule has 0 aliphatic heterocycles. The van der Waals surface area contributed by atoms with E-state index in [0.29, 0.717) is 21.5 Å². The molecule has 0 radical (unpaired) electrons. The normalized spacial score (nSPS) is 11.2. The minimum Gasteiger partial charge on any atom is -0.486 e. The van der Waals surface area contributed by atoms with Crippen molar-refractivity contribution in [2.45, 2.75) is 19.4 Å². The number of nitrogens with one attached hydrogen (secondary N) is 1. The average Bonchev–Trinajstić information content (AvgIpc) is 3.09. The van der Waals surface area contributed by atoms with Crippen molar-refractivity contribution in [1.82, 2.24) is 4.98 Å². The smallest absolute Gasteiger partial charge is 0.486 e. The molecule has 0 saturated heterocycles. The van der Waals surface area contributed by atoms with E-state index in [9.17, 15) is 18.0 Å². The predicted octanol–water partition coefficient (Wildman–Crippen LogP) is 5.46. The molecule has 2 aromatic carbocycles. The number of halogens is 4. The van der Waals surface area contributed by atoms with Gasteiger partial charge in [0.25, 0.3) is 0 Å². The second kappa shape index (κ2) is 9.15. The summed E-state index contributed by atoms with van der Waals surface area (Å²) in [6.45, 7) is 0.218. The Kier molecular flexibility index (Phi) is 6.60. The van der Waals surface area contributed by atoms with Gasteiger partial charge in [-0.2, -0.15) is 0 Å². The summed E-state index contributed by atoms with van der Waals surface area (Å²) < 4.78 is 46.9. The van der Waals surface area contributed by atoms with Gasteiger partial charge in [-0.1, -0.05) is 23.7 Å². The van der Waals surface area contributed by atoms with Crippen molar-refractivity contribution < 1.29 is 27.4 Å². The molecule has 1 amide bonds. The molecule has 0 fully saturated rings. The topological polar surface area (TPSA) is 60.5 Å². The van der Waals surface area contributed by atoms with Gasteiger partial charge in [0.2, 0.25) is 5.91 Å². The Morgan fingerprint density at radius 1 is 1.14 bits per heavy atom. The number of ether oxygens (including phenoxy) is 2. The number of thiazole rings is 1. The van der Waals surface area contributed by atoms with Crippen LogP contribution in [-0.4, -0.2) is 17.3 Å². The van der Waals surface area contributed by atoms with E-state index in [1.165, 1.54) is 29.5 Å². The highest BCUT2D eigenvalue weighted by molar-refractivity contribution is 7.09. The van der Waals surface area contributed by atoms with Crippen LogP contribution < -0.4 is 14.8 Å². The zero-order valence-corrected chi connectivity index (χ0v) is 16.3. The molecule has 152 valence electrons. The number of rotatable bonds is 7. The van der Waals surface area contributed by atoms with Gasteiger partial charge in [0.05, 0.1) is 17.8 Å². The SMILES string of the molecule is O=C(Cc1csc(COc2ccc(Cl)cc2)n1)Nc1ccccc1OC(F)(F)F. The van der Waals surface area contributed by atoms with Gasteiger partial charge in [-0.05, 0) is 36.4 Å².